The zero-order valence-corrected chi connectivity index (χ0v) is 14.7. The van der Waals surface area contributed by atoms with Crippen molar-refractivity contribution < 1.29 is 9.53 Å². The molecule has 0 aromatic heterocycles. The van der Waals surface area contributed by atoms with Crippen molar-refractivity contribution >= 4 is 5.91 Å². The van der Waals surface area contributed by atoms with Crippen molar-refractivity contribution in [2.24, 2.45) is 0 Å². The molecular weight excluding hydrogens is 322 g/mol. The highest BCUT2D eigenvalue weighted by molar-refractivity contribution is 5.83. The molecule has 130 valence electrons. The number of benzene rings is 3. The Morgan fingerprint density at radius 1 is 0.923 bits per heavy atom. The highest BCUT2D eigenvalue weighted by Crippen LogP contribution is 2.28. The van der Waals surface area contributed by atoms with Crippen molar-refractivity contribution in [3.63, 3.8) is 0 Å². The Morgan fingerprint density at radius 2 is 1.58 bits per heavy atom. The van der Waals surface area contributed by atoms with E-state index < -0.39 is 6.10 Å². The van der Waals surface area contributed by atoms with Crippen LogP contribution in [0.25, 0.3) is 11.1 Å². The average molecular weight is 343 g/mol. The van der Waals surface area contributed by atoms with Gasteiger partial charge in [-0.15, -0.1) is 0 Å². The van der Waals surface area contributed by atoms with Crippen LogP contribution in [-0.4, -0.2) is 12.0 Å². The molecule has 0 radical (unpaired) electrons. The normalized spacial score (nSPS) is 16.4. The summed E-state index contributed by atoms with van der Waals surface area (Å²) in [7, 11) is 0. The molecule has 26 heavy (non-hydrogen) atoms. The second-order valence-electron chi connectivity index (χ2n) is 6.64. The van der Waals surface area contributed by atoms with Crippen LogP contribution < -0.4 is 10.1 Å². The van der Waals surface area contributed by atoms with Gasteiger partial charge in [0.15, 0.2) is 6.10 Å². The molecule has 3 aromatic carbocycles. The molecule has 4 rings (SSSR count). The summed E-state index contributed by atoms with van der Waals surface area (Å²) in [5.41, 5.74) is 4.52. The summed E-state index contributed by atoms with van der Waals surface area (Å²) in [5, 5.41) is 3.07. The van der Waals surface area contributed by atoms with Crippen LogP contribution in [0, 0.1) is 0 Å². The summed E-state index contributed by atoms with van der Waals surface area (Å²) in [6.07, 6.45) is 0.181. The van der Waals surface area contributed by atoms with Gasteiger partial charge in [-0.2, -0.15) is 0 Å². The molecule has 0 spiro atoms. The molecule has 3 aromatic rings. The molecule has 0 fully saturated rings. The van der Waals surface area contributed by atoms with Crippen LogP contribution in [0.2, 0.25) is 0 Å². The molecule has 0 unspecified atom stereocenters. The van der Waals surface area contributed by atoms with Crippen molar-refractivity contribution in [1.29, 1.82) is 0 Å². The van der Waals surface area contributed by atoms with Gasteiger partial charge in [0.05, 0.1) is 6.04 Å². The van der Waals surface area contributed by atoms with Gasteiger partial charge in [0.25, 0.3) is 5.91 Å². The Bertz CT molecular complexity index is 878. The lowest BCUT2D eigenvalue weighted by Crippen LogP contribution is -2.38. The summed E-state index contributed by atoms with van der Waals surface area (Å²) in [5.74, 6) is 0.744. The Kier molecular flexibility index (Phi) is 4.44. The SMILES string of the molecule is C[C@H](NC(=O)[C@H]1Cc2ccccc2O1)c1ccc(-c2ccccc2)cc1. The quantitative estimate of drug-likeness (QED) is 0.755. The summed E-state index contributed by atoms with van der Waals surface area (Å²) >= 11 is 0. The maximum Gasteiger partial charge on any atom is 0.261 e. The number of fused-ring (bicyclic) bond motifs is 1. The first-order valence-electron chi connectivity index (χ1n) is 8.91. The summed E-state index contributed by atoms with van der Waals surface area (Å²) in [6, 6.07) is 26.3. The van der Waals surface area contributed by atoms with Gasteiger partial charge in [0.2, 0.25) is 0 Å². The summed E-state index contributed by atoms with van der Waals surface area (Å²) < 4.78 is 5.77. The number of carbonyl (C=O) groups excluding carboxylic acids is 1. The van der Waals surface area contributed by atoms with Gasteiger partial charge >= 0.3 is 0 Å². The lowest BCUT2D eigenvalue weighted by molar-refractivity contribution is -0.127. The first-order valence-corrected chi connectivity index (χ1v) is 8.91. The predicted octanol–water partition coefficient (Wildman–Crippen LogP) is 4.53. The van der Waals surface area contributed by atoms with Gasteiger partial charge in [-0.3, -0.25) is 4.79 Å². The Labute approximate surface area is 153 Å². The third-order valence-corrected chi connectivity index (χ3v) is 4.82. The van der Waals surface area contributed by atoms with E-state index in [0.29, 0.717) is 6.42 Å². The van der Waals surface area contributed by atoms with E-state index in [1.807, 2.05) is 49.4 Å². The molecule has 0 aliphatic carbocycles. The van der Waals surface area contributed by atoms with Crippen molar-refractivity contribution in [2.75, 3.05) is 0 Å². The van der Waals surface area contributed by atoms with Crippen molar-refractivity contribution in [1.82, 2.24) is 5.32 Å². The summed E-state index contributed by atoms with van der Waals surface area (Å²) in [4.78, 5) is 12.5. The molecule has 2 atom stereocenters. The van der Waals surface area contributed by atoms with Crippen molar-refractivity contribution in [2.45, 2.75) is 25.5 Å². The number of amides is 1. The first kappa shape index (κ1) is 16.4. The fraction of sp³-hybridized carbons (Fsp3) is 0.174. The minimum absolute atomic E-state index is 0.0687. The largest absolute Gasteiger partial charge is 0.480 e. The second-order valence-corrected chi connectivity index (χ2v) is 6.64. The fourth-order valence-corrected chi connectivity index (χ4v) is 3.31. The molecule has 1 aliphatic rings. The molecular formula is C23H21NO2. The van der Waals surface area contributed by atoms with E-state index >= 15 is 0 Å². The number of hydrogen-bond donors (Lipinski definition) is 1. The lowest BCUT2D eigenvalue weighted by Gasteiger charge is -2.18. The van der Waals surface area contributed by atoms with Crippen LogP contribution in [0.4, 0.5) is 0 Å². The maximum absolute atomic E-state index is 12.5. The number of ether oxygens (including phenoxy) is 1. The molecule has 3 nitrogen and oxygen atoms in total. The van der Waals surface area contributed by atoms with Crippen LogP contribution in [0.5, 0.6) is 5.75 Å². The number of nitrogens with one attached hydrogen (secondary N) is 1. The zero-order chi connectivity index (χ0) is 17.9. The first-order chi connectivity index (χ1) is 12.7. The van der Waals surface area contributed by atoms with Crippen LogP contribution >= 0.6 is 0 Å². The number of rotatable bonds is 4. The molecule has 1 N–H and O–H groups in total. The zero-order valence-electron chi connectivity index (χ0n) is 14.7. The molecule has 0 bridgehead atoms. The molecule has 1 aliphatic heterocycles. The second kappa shape index (κ2) is 7.04. The average Bonchev–Trinajstić information content (AvgIpc) is 3.13. The molecule has 3 heteroatoms. The van der Waals surface area contributed by atoms with Gasteiger partial charge in [-0.1, -0.05) is 72.8 Å². The fourth-order valence-electron chi connectivity index (χ4n) is 3.31. The van der Waals surface area contributed by atoms with E-state index in [1.54, 1.807) is 0 Å². The van der Waals surface area contributed by atoms with Gasteiger partial charge in [0, 0.05) is 6.42 Å². The van der Waals surface area contributed by atoms with E-state index in [2.05, 4.69) is 41.7 Å². The van der Waals surface area contributed by atoms with Crippen LogP contribution in [-0.2, 0) is 11.2 Å². The van der Waals surface area contributed by atoms with Gasteiger partial charge in [-0.25, -0.2) is 0 Å². The van der Waals surface area contributed by atoms with Crippen molar-refractivity contribution in [3.05, 3.63) is 90.0 Å². The van der Waals surface area contributed by atoms with Gasteiger partial charge < -0.3 is 10.1 Å². The third-order valence-electron chi connectivity index (χ3n) is 4.82. The highest BCUT2D eigenvalue weighted by atomic mass is 16.5. The van der Waals surface area contributed by atoms with Crippen LogP contribution in [0.1, 0.15) is 24.1 Å². The highest BCUT2D eigenvalue weighted by Gasteiger charge is 2.29. The van der Waals surface area contributed by atoms with Crippen LogP contribution in [0.3, 0.4) is 0 Å². The molecule has 0 saturated heterocycles. The van der Waals surface area contributed by atoms with Gasteiger partial charge in [-0.05, 0) is 35.2 Å². The molecule has 1 amide bonds. The molecule has 0 saturated carbocycles. The lowest BCUT2D eigenvalue weighted by atomic mass is 10.0. The Morgan fingerprint density at radius 3 is 2.31 bits per heavy atom. The Hall–Kier alpha value is -3.07. The minimum Gasteiger partial charge on any atom is -0.480 e. The number of para-hydroxylation sites is 1. The van der Waals surface area contributed by atoms with E-state index in [1.165, 1.54) is 11.1 Å². The number of hydrogen-bond acceptors (Lipinski definition) is 2. The minimum atomic E-state index is -0.446. The maximum atomic E-state index is 12.5. The monoisotopic (exact) mass is 343 g/mol. The smallest absolute Gasteiger partial charge is 0.261 e. The van der Waals surface area contributed by atoms with E-state index in [0.717, 1.165) is 16.9 Å². The number of carbonyl (C=O) groups is 1. The van der Waals surface area contributed by atoms with E-state index in [-0.39, 0.29) is 11.9 Å². The van der Waals surface area contributed by atoms with E-state index in [4.69, 9.17) is 4.74 Å². The Balaban J connectivity index is 1.40. The third kappa shape index (κ3) is 3.33. The topological polar surface area (TPSA) is 38.3 Å². The van der Waals surface area contributed by atoms with Crippen molar-refractivity contribution in [3.8, 4) is 16.9 Å². The summed E-state index contributed by atoms with van der Waals surface area (Å²) in [6.45, 7) is 2.00. The molecule has 1 heterocycles. The van der Waals surface area contributed by atoms with Gasteiger partial charge in [0.1, 0.15) is 5.75 Å². The predicted molar refractivity (Wildman–Crippen MR) is 103 cm³/mol. The van der Waals surface area contributed by atoms with Crippen LogP contribution in [0.15, 0.2) is 78.9 Å². The van der Waals surface area contributed by atoms with E-state index in [9.17, 15) is 4.79 Å². The standard InChI is InChI=1S/C23H21NO2/c1-16(17-11-13-19(14-12-17)18-7-3-2-4-8-18)24-23(25)22-15-20-9-5-6-10-21(20)26-22/h2-14,16,22H,15H2,1H3,(H,24,25)/t16-,22+/m0/s1.